The van der Waals surface area contributed by atoms with Gasteiger partial charge in [-0.05, 0) is 83.6 Å². The summed E-state index contributed by atoms with van der Waals surface area (Å²) in [6.45, 7) is 0. The van der Waals surface area contributed by atoms with Gasteiger partial charge in [0.2, 0.25) is 0 Å². The molecule has 7 rings (SSSR count). The minimum Gasteiger partial charge on any atom is -0.310 e. The monoisotopic (exact) mass is 623 g/mol. The summed E-state index contributed by atoms with van der Waals surface area (Å²) in [5.74, 6) is -5.21. The zero-order chi connectivity index (χ0) is 31.4. The van der Waals surface area contributed by atoms with Crippen LogP contribution in [0.5, 0.6) is 0 Å². The van der Waals surface area contributed by atoms with E-state index in [1.807, 2.05) is 24.3 Å². The van der Waals surface area contributed by atoms with Gasteiger partial charge in [-0.15, -0.1) is 11.3 Å². The molecule has 0 saturated carbocycles. The first-order valence-electron chi connectivity index (χ1n) is 13.6. The predicted octanol–water partition coefficient (Wildman–Crippen LogP) is 10.2. The topological polar surface area (TPSA) is 37.4 Å². The van der Waals surface area contributed by atoms with E-state index in [0.29, 0.717) is 33.0 Å². The Morgan fingerprint density at radius 2 is 1.07 bits per heavy atom. The van der Waals surface area contributed by atoms with E-state index in [1.54, 1.807) is 24.3 Å². The summed E-state index contributed by atoms with van der Waals surface area (Å²) in [7, 11) is 0. The van der Waals surface area contributed by atoms with E-state index in [9.17, 15) is 27.2 Å². The zero-order valence-electron chi connectivity index (χ0n) is 23.0. The summed E-state index contributed by atoms with van der Waals surface area (Å²) in [5.41, 5.74) is 0.683. The van der Waals surface area contributed by atoms with E-state index < -0.39 is 29.1 Å². The molecule has 0 aliphatic heterocycles. The molecule has 220 valence electrons. The first-order chi connectivity index (χ1) is 21.6. The van der Waals surface area contributed by atoms with E-state index in [1.165, 1.54) is 18.2 Å². The number of thiophene rings is 1. The van der Waals surface area contributed by atoms with Crippen molar-refractivity contribution < 1.29 is 31.5 Å². The molecule has 0 saturated heterocycles. The van der Waals surface area contributed by atoms with Crippen LogP contribution in [-0.2, 0) is 0 Å². The van der Waals surface area contributed by atoms with E-state index in [0.717, 1.165) is 57.3 Å². The normalized spacial score (nSPS) is 12.6. The lowest BCUT2D eigenvalue weighted by Gasteiger charge is -2.26. The van der Waals surface area contributed by atoms with E-state index in [2.05, 4.69) is 0 Å². The maximum Gasteiger partial charge on any atom is 0.197 e. The van der Waals surface area contributed by atoms with Gasteiger partial charge in [0.05, 0.1) is 16.9 Å². The van der Waals surface area contributed by atoms with Gasteiger partial charge in [0.1, 0.15) is 29.1 Å². The Bertz CT molecular complexity index is 2090. The van der Waals surface area contributed by atoms with Crippen molar-refractivity contribution in [2.24, 2.45) is 0 Å². The fourth-order valence-electron chi connectivity index (χ4n) is 5.48. The van der Waals surface area contributed by atoms with Crippen LogP contribution in [0.1, 0.15) is 25.6 Å². The van der Waals surface area contributed by atoms with Gasteiger partial charge in [-0.2, -0.15) is 0 Å². The van der Waals surface area contributed by atoms with Crippen LogP contribution >= 0.6 is 11.3 Å². The van der Waals surface area contributed by atoms with E-state index in [4.69, 9.17) is 0 Å². The fourth-order valence-corrected chi connectivity index (χ4v) is 6.46. The van der Waals surface area contributed by atoms with Crippen LogP contribution in [0.4, 0.5) is 39.0 Å². The summed E-state index contributed by atoms with van der Waals surface area (Å²) in [6, 6.07) is 23.3. The van der Waals surface area contributed by atoms with Crippen molar-refractivity contribution in [2.75, 3.05) is 4.90 Å². The van der Waals surface area contributed by atoms with Crippen molar-refractivity contribution in [1.82, 2.24) is 0 Å². The summed E-state index contributed by atoms with van der Waals surface area (Å²) in [6.07, 6.45) is 1.49. The van der Waals surface area contributed by atoms with Gasteiger partial charge in [0.15, 0.2) is 11.6 Å². The fraction of sp³-hybridized carbons (Fsp3) is 0. The van der Waals surface area contributed by atoms with Gasteiger partial charge < -0.3 is 4.90 Å². The summed E-state index contributed by atoms with van der Waals surface area (Å²) in [4.78, 5) is 28.5. The maximum atomic E-state index is 15.7. The molecule has 0 spiro atoms. The Balaban J connectivity index is 1.23. The summed E-state index contributed by atoms with van der Waals surface area (Å²) < 4.78 is 72.2. The molecule has 0 bridgehead atoms. The Labute approximate surface area is 257 Å². The number of fused-ring (bicyclic) bond motifs is 2. The highest BCUT2D eigenvalue weighted by molar-refractivity contribution is 7.16. The second-order valence-electron chi connectivity index (χ2n) is 10.4. The number of benzene rings is 5. The Hall–Kier alpha value is -5.41. The molecule has 1 aliphatic rings. The molecule has 1 aliphatic carbocycles. The highest BCUT2D eigenvalue weighted by Crippen LogP contribution is 2.40. The van der Waals surface area contributed by atoms with Crippen LogP contribution in [0.25, 0.3) is 27.3 Å². The second-order valence-corrected chi connectivity index (χ2v) is 11.5. The molecular formula is C36H18F5NO2S. The van der Waals surface area contributed by atoms with Crippen LogP contribution in [-0.4, -0.2) is 11.6 Å². The molecule has 0 fully saturated rings. The van der Waals surface area contributed by atoms with Crippen LogP contribution in [0.15, 0.2) is 109 Å². The van der Waals surface area contributed by atoms with E-state index in [-0.39, 0.29) is 39.8 Å². The van der Waals surface area contributed by atoms with Crippen LogP contribution in [0, 0.1) is 29.1 Å². The molecule has 45 heavy (non-hydrogen) atoms. The third kappa shape index (κ3) is 5.21. The quantitative estimate of drug-likeness (QED) is 0.109. The number of rotatable bonds is 5. The second kappa shape index (κ2) is 10.9. The SMILES string of the molecule is O=C1C(=Cc2ccc(-c3ccc(N(c4cc(F)cc(F)c4)c4cc(F)cc(F)c4)cc3F)s2)C(=O)c2cc3ccccc3cc21. The van der Waals surface area contributed by atoms with E-state index >= 15 is 4.39 Å². The lowest BCUT2D eigenvalue weighted by atomic mass is 10.0. The van der Waals surface area contributed by atoms with Gasteiger partial charge in [-0.25, -0.2) is 22.0 Å². The van der Waals surface area contributed by atoms with Crippen molar-refractivity contribution in [1.29, 1.82) is 0 Å². The first kappa shape index (κ1) is 28.4. The molecule has 1 aromatic heterocycles. The highest BCUT2D eigenvalue weighted by Gasteiger charge is 2.33. The molecule has 0 amide bonds. The molecule has 6 aromatic rings. The largest absolute Gasteiger partial charge is 0.310 e. The van der Waals surface area contributed by atoms with Crippen molar-refractivity contribution in [3.05, 3.63) is 154 Å². The minimum absolute atomic E-state index is 0.0184. The number of carbonyl (C=O) groups is 2. The number of halogens is 5. The number of anilines is 3. The van der Waals surface area contributed by atoms with Gasteiger partial charge in [0.25, 0.3) is 0 Å². The molecule has 0 N–H and O–H groups in total. The standard InChI is InChI=1S/C36H18F5NO2S/c37-21-11-22(38)14-26(13-21)42(27-15-23(39)12-24(40)16-27)25-5-7-29(33(41)17-25)34-8-6-28(45-34)18-32-35(43)30-9-19-3-1-2-4-20(19)10-31(30)36(32)44/h1-18H. The van der Waals surface area contributed by atoms with Gasteiger partial charge in [0, 0.05) is 44.3 Å². The molecule has 0 radical (unpaired) electrons. The number of hydrogen-bond acceptors (Lipinski definition) is 4. The minimum atomic E-state index is -0.931. The van der Waals surface area contributed by atoms with Crippen LogP contribution in [0.3, 0.4) is 0 Å². The smallest absolute Gasteiger partial charge is 0.197 e. The lowest BCUT2D eigenvalue weighted by Crippen LogP contribution is -2.12. The number of hydrogen-bond donors (Lipinski definition) is 0. The average Bonchev–Trinajstić information content (AvgIpc) is 3.54. The number of allylic oxidation sites excluding steroid dienone is 1. The molecule has 3 nitrogen and oxygen atoms in total. The van der Waals surface area contributed by atoms with Gasteiger partial charge in [-0.3, -0.25) is 9.59 Å². The summed E-state index contributed by atoms with van der Waals surface area (Å²) >= 11 is 1.15. The van der Waals surface area contributed by atoms with Crippen molar-refractivity contribution >= 4 is 56.8 Å². The summed E-state index contributed by atoms with van der Waals surface area (Å²) in [5, 5.41) is 1.69. The third-order valence-corrected chi connectivity index (χ3v) is 8.53. The number of ketones is 2. The third-order valence-electron chi connectivity index (χ3n) is 7.47. The number of carbonyl (C=O) groups excluding carboxylic acids is 2. The molecule has 5 aromatic carbocycles. The van der Waals surface area contributed by atoms with Crippen molar-refractivity contribution in [3.63, 3.8) is 0 Å². The maximum absolute atomic E-state index is 15.7. The Morgan fingerprint density at radius 3 is 1.58 bits per heavy atom. The molecule has 9 heteroatoms. The number of nitrogens with zero attached hydrogens (tertiary/aromatic N) is 1. The number of Topliss-reactive ketones (excluding diaryl/α,β-unsaturated/α-hetero) is 2. The average molecular weight is 624 g/mol. The Kier molecular flexibility index (Phi) is 6.90. The van der Waals surface area contributed by atoms with Crippen molar-refractivity contribution in [3.8, 4) is 10.4 Å². The predicted molar refractivity (Wildman–Crippen MR) is 165 cm³/mol. The molecular weight excluding hydrogens is 605 g/mol. The molecule has 0 atom stereocenters. The Morgan fingerprint density at radius 1 is 0.533 bits per heavy atom. The first-order valence-corrected chi connectivity index (χ1v) is 14.4. The lowest BCUT2D eigenvalue weighted by molar-refractivity contribution is 0.0990. The molecule has 1 heterocycles. The van der Waals surface area contributed by atoms with Crippen LogP contribution in [0.2, 0.25) is 0 Å². The van der Waals surface area contributed by atoms with Gasteiger partial charge in [-0.1, -0.05) is 24.3 Å². The van der Waals surface area contributed by atoms with Crippen molar-refractivity contribution in [2.45, 2.75) is 0 Å². The van der Waals surface area contributed by atoms with Gasteiger partial charge >= 0.3 is 0 Å². The van der Waals surface area contributed by atoms with Crippen LogP contribution < -0.4 is 4.90 Å². The highest BCUT2D eigenvalue weighted by atomic mass is 32.1. The zero-order valence-corrected chi connectivity index (χ0v) is 23.8. The molecule has 0 unspecified atom stereocenters.